The summed E-state index contributed by atoms with van der Waals surface area (Å²) in [6.45, 7) is 7.97. The quantitative estimate of drug-likeness (QED) is 0.141. The monoisotopic (exact) mass is 646 g/mol. The summed E-state index contributed by atoms with van der Waals surface area (Å²) >= 11 is 0. The molecule has 0 fully saturated rings. The van der Waals surface area contributed by atoms with Crippen LogP contribution < -0.4 is 0 Å². The van der Waals surface area contributed by atoms with Crippen molar-refractivity contribution in [3.05, 3.63) is 180 Å². The molecule has 0 aliphatic heterocycles. The second-order valence-electron chi connectivity index (χ2n) is 12.6. The van der Waals surface area contributed by atoms with Crippen LogP contribution in [0.2, 0.25) is 0 Å². The normalized spacial score (nSPS) is 11.1. The van der Waals surface area contributed by atoms with Crippen LogP contribution >= 0.6 is 0 Å². The molecule has 0 aliphatic rings. The van der Waals surface area contributed by atoms with Crippen molar-refractivity contribution in [3.8, 4) is 51.2 Å². The predicted molar refractivity (Wildman–Crippen MR) is 208 cm³/mol. The van der Waals surface area contributed by atoms with E-state index in [0.717, 1.165) is 76.9 Å². The van der Waals surface area contributed by atoms with Gasteiger partial charge in [-0.25, -0.2) is 4.85 Å². The molecule has 0 N–H and O–H groups in total. The zero-order valence-electron chi connectivity index (χ0n) is 27.3. The highest BCUT2D eigenvalue weighted by atomic mass is 15.0. The van der Waals surface area contributed by atoms with Crippen LogP contribution in [0.5, 0.6) is 0 Å². The lowest BCUT2D eigenvalue weighted by Crippen LogP contribution is -1.96. The Morgan fingerprint density at radius 3 is 1.57 bits per heavy atom. The van der Waals surface area contributed by atoms with E-state index < -0.39 is 0 Å². The van der Waals surface area contributed by atoms with E-state index in [9.17, 15) is 10.5 Å². The summed E-state index contributed by atoms with van der Waals surface area (Å²) in [7, 11) is 0. The van der Waals surface area contributed by atoms with Crippen LogP contribution in [0.4, 0.5) is 5.69 Å². The molecule has 0 saturated carbocycles. The minimum absolute atomic E-state index is 0.569. The minimum Gasteiger partial charge on any atom is -0.309 e. The van der Waals surface area contributed by atoms with Gasteiger partial charge in [0.1, 0.15) is 0 Å². The largest absolute Gasteiger partial charge is 0.309 e. The maximum atomic E-state index is 9.69. The molecular weight excluding hydrogens is 621 g/mol. The number of fused-ring (bicyclic) bond motifs is 5. The predicted octanol–water partition coefficient (Wildman–Crippen LogP) is 12.4. The maximum absolute atomic E-state index is 9.69. The number of nitriles is 2. The van der Waals surface area contributed by atoms with Gasteiger partial charge in [0, 0.05) is 16.5 Å². The molecule has 4 nitrogen and oxygen atoms in total. The number of nitrogens with zero attached hydrogens (tertiary/aromatic N) is 4. The fraction of sp³-hybridized carbons (Fsp3) is 0. The summed E-state index contributed by atoms with van der Waals surface area (Å²) in [5.41, 5.74) is 11.0. The third kappa shape index (κ3) is 4.74. The number of aromatic nitrogens is 1. The molecule has 0 aliphatic carbocycles. The van der Waals surface area contributed by atoms with Gasteiger partial charge in [-0.1, -0.05) is 103 Å². The number of rotatable bonds is 4. The van der Waals surface area contributed by atoms with E-state index in [4.69, 9.17) is 6.57 Å². The molecule has 9 aromatic rings. The topological polar surface area (TPSA) is 56.9 Å². The highest BCUT2D eigenvalue weighted by Gasteiger charge is 2.20. The first-order chi connectivity index (χ1) is 25.2. The third-order valence-corrected chi connectivity index (χ3v) is 9.83. The minimum atomic E-state index is 0.569. The molecule has 0 atom stereocenters. The van der Waals surface area contributed by atoms with Gasteiger partial charge in [0.05, 0.1) is 40.9 Å². The van der Waals surface area contributed by atoms with Crippen LogP contribution in [-0.4, -0.2) is 4.57 Å². The Labute approximate surface area is 294 Å². The van der Waals surface area contributed by atoms with E-state index in [1.807, 2.05) is 54.6 Å². The molecule has 0 unspecified atom stereocenters. The SMILES string of the molecule is [C-]#[N+]c1ccc(-c2cccc(-n3c4ccc(C#N)cc4c4cc(C#N)ccc43)c2)c(-c2c3ccccc3c(-c3ccccc3)c3ccccc23)c1. The molecule has 1 heterocycles. The zero-order chi connectivity index (χ0) is 34.5. The second-order valence-corrected chi connectivity index (χ2v) is 12.6. The van der Waals surface area contributed by atoms with Crippen molar-refractivity contribution in [2.45, 2.75) is 0 Å². The summed E-state index contributed by atoms with van der Waals surface area (Å²) < 4.78 is 2.20. The second kappa shape index (κ2) is 11.9. The molecular formula is C47H26N4. The molecule has 0 saturated heterocycles. The van der Waals surface area contributed by atoms with E-state index in [0.29, 0.717) is 16.8 Å². The van der Waals surface area contributed by atoms with E-state index in [2.05, 4.69) is 125 Å². The average Bonchev–Trinajstić information content (AvgIpc) is 3.52. The van der Waals surface area contributed by atoms with Gasteiger partial charge in [0.25, 0.3) is 0 Å². The fourth-order valence-electron chi connectivity index (χ4n) is 7.65. The Bertz CT molecular complexity index is 2870. The van der Waals surface area contributed by atoms with E-state index in [-0.39, 0.29) is 0 Å². The van der Waals surface area contributed by atoms with Crippen LogP contribution in [-0.2, 0) is 0 Å². The Balaban J connectivity index is 1.33. The molecule has 0 spiro atoms. The highest BCUT2D eigenvalue weighted by Crippen LogP contribution is 2.47. The summed E-state index contributed by atoms with van der Waals surface area (Å²) in [5, 5.41) is 25.8. The van der Waals surface area contributed by atoms with Crippen molar-refractivity contribution in [2.75, 3.05) is 0 Å². The van der Waals surface area contributed by atoms with Gasteiger partial charge >= 0.3 is 0 Å². The van der Waals surface area contributed by atoms with Crippen molar-refractivity contribution in [1.29, 1.82) is 10.5 Å². The van der Waals surface area contributed by atoms with Crippen molar-refractivity contribution in [3.63, 3.8) is 0 Å². The van der Waals surface area contributed by atoms with Crippen LogP contribution in [0.1, 0.15) is 11.1 Å². The lowest BCUT2D eigenvalue weighted by atomic mass is 9.83. The first-order valence-corrected chi connectivity index (χ1v) is 16.7. The highest BCUT2D eigenvalue weighted by molar-refractivity contribution is 6.22. The zero-order valence-corrected chi connectivity index (χ0v) is 27.3. The third-order valence-electron chi connectivity index (χ3n) is 9.83. The van der Waals surface area contributed by atoms with Gasteiger partial charge < -0.3 is 4.57 Å². The summed E-state index contributed by atoms with van der Waals surface area (Å²) in [6.07, 6.45) is 0. The van der Waals surface area contributed by atoms with Crippen molar-refractivity contribution >= 4 is 49.0 Å². The summed E-state index contributed by atoms with van der Waals surface area (Å²) in [6, 6.07) is 58.1. The summed E-state index contributed by atoms with van der Waals surface area (Å²) in [4.78, 5) is 3.87. The standard InChI is InChI=1S/C47H26N4/c1-50-34-20-21-36(33-12-9-13-35(26-33)51-44-22-18-30(28-48)24-41(44)42-25-31(29-49)19-23-45(42)51)43(27-34)47-39-16-7-5-14-37(39)46(32-10-3-2-4-11-32)38-15-6-8-17-40(38)47/h2-27H. The van der Waals surface area contributed by atoms with Crippen LogP contribution in [0, 0.1) is 29.2 Å². The molecule has 0 radical (unpaired) electrons. The Kier molecular flexibility index (Phi) is 6.93. The lowest BCUT2D eigenvalue weighted by Gasteiger charge is -2.20. The number of hydrogen-bond donors (Lipinski definition) is 0. The van der Waals surface area contributed by atoms with Crippen LogP contribution in [0.3, 0.4) is 0 Å². The first kappa shape index (κ1) is 29.7. The first-order valence-electron chi connectivity index (χ1n) is 16.7. The van der Waals surface area contributed by atoms with E-state index in [1.165, 1.54) is 5.56 Å². The van der Waals surface area contributed by atoms with Gasteiger partial charge in [-0.05, 0) is 110 Å². The fourth-order valence-corrected chi connectivity index (χ4v) is 7.65. The molecule has 1 aromatic heterocycles. The molecule has 4 heteroatoms. The molecule has 0 bridgehead atoms. The van der Waals surface area contributed by atoms with Gasteiger partial charge in [0.15, 0.2) is 5.69 Å². The maximum Gasteiger partial charge on any atom is 0.187 e. The van der Waals surface area contributed by atoms with Gasteiger partial charge in [-0.3, -0.25) is 0 Å². The molecule has 8 aromatic carbocycles. The van der Waals surface area contributed by atoms with Crippen LogP contribution in [0.25, 0.3) is 87.3 Å². The van der Waals surface area contributed by atoms with Crippen molar-refractivity contribution in [2.24, 2.45) is 0 Å². The Morgan fingerprint density at radius 2 is 1.00 bits per heavy atom. The van der Waals surface area contributed by atoms with E-state index in [1.54, 1.807) is 0 Å². The summed E-state index contributed by atoms with van der Waals surface area (Å²) in [5.74, 6) is 0. The molecule has 234 valence electrons. The van der Waals surface area contributed by atoms with Gasteiger partial charge in [-0.2, -0.15) is 10.5 Å². The van der Waals surface area contributed by atoms with Crippen molar-refractivity contribution < 1.29 is 0 Å². The van der Waals surface area contributed by atoms with Crippen molar-refractivity contribution in [1.82, 2.24) is 4.57 Å². The Morgan fingerprint density at radius 1 is 0.451 bits per heavy atom. The van der Waals surface area contributed by atoms with Gasteiger partial charge in [0.2, 0.25) is 0 Å². The van der Waals surface area contributed by atoms with Gasteiger partial charge in [-0.15, -0.1) is 0 Å². The number of benzene rings is 8. The number of hydrogen-bond acceptors (Lipinski definition) is 2. The average molecular weight is 647 g/mol. The molecule has 0 amide bonds. The van der Waals surface area contributed by atoms with E-state index >= 15 is 0 Å². The molecule has 51 heavy (non-hydrogen) atoms. The Hall–Kier alpha value is -7.45. The smallest absolute Gasteiger partial charge is 0.187 e. The van der Waals surface area contributed by atoms with Crippen LogP contribution in [0.15, 0.2) is 158 Å². The lowest BCUT2D eigenvalue weighted by molar-refractivity contribution is 1.18. The molecule has 9 rings (SSSR count).